The highest BCUT2D eigenvalue weighted by Gasteiger charge is 2.34. The van der Waals surface area contributed by atoms with Gasteiger partial charge in [0.25, 0.3) is 5.89 Å². The molecule has 1 amide bonds. The lowest BCUT2D eigenvalue weighted by Crippen LogP contribution is -2.45. The molecule has 0 saturated carbocycles. The maximum atomic E-state index is 11.4. The highest BCUT2D eigenvalue weighted by molar-refractivity contribution is 5.73. The van der Waals surface area contributed by atoms with Crippen LogP contribution < -0.4 is 0 Å². The Bertz CT molecular complexity index is 689. The molecule has 1 atom stereocenters. The van der Waals surface area contributed by atoms with E-state index in [1.807, 2.05) is 17.0 Å². The fourth-order valence-electron chi connectivity index (χ4n) is 3.77. The van der Waals surface area contributed by atoms with E-state index in [-0.39, 0.29) is 11.8 Å². The molecule has 24 heavy (non-hydrogen) atoms. The molecule has 0 spiro atoms. The molecule has 0 aromatic carbocycles. The van der Waals surface area contributed by atoms with Gasteiger partial charge in [0.1, 0.15) is 0 Å². The van der Waals surface area contributed by atoms with Crippen molar-refractivity contribution in [2.75, 3.05) is 26.2 Å². The molecule has 0 N–H and O–H groups in total. The Labute approximate surface area is 140 Å². The van der Waals surface area contributed by atoms with Crippen molar-refractivity contribution in [1.82, 2.24) is 20.0 Å². The highest BCUT2D eigenvalue weighted by atomic mass is 16.4. The monoisotopic (exact) mass is 330 g/mol. The van der Waals surface area contributed by atoms with Crippen molar-refractivity contribution in [3.8, 4) is 11.7 Å². The van der Waals surface area contributed by atoms with Crippen LogP contribution in [0.4, 0.5) is 0 Å². The number of carbonyl (C=O) groups is 1. The number of carbonyl (C=O) groups excluding carboxylic acids is 1. The number of amides is 1. The number of likely N-dealkylation sites (tertiary alicyclic amines) is 2. The van der Waals surface area contributed by atoms with Crippen LogP contribution in [-0.2, 0) is 4.79 Å². The summed E-state index contributed by atoms with van der Waals surface area (Å²) in [5.41, 5.74) is 0. The van der Waals surface area contributed by atoms with Gasteiger partial charge in [0.05, 0.1) is 12.2 Å². The number of nitrogens with zero attached hydrogens (tertiary/aromatic N) is 4. The molecular weight excluding hydrogens is 308 g/mol. The van der Waals surface area contributed by atoms with Crippen molar-refractivity contribution in [2.45, 2.75) is 38.1 Å². The lowest BCUT2D eigenvalue weighted by Gasteiger charge is -2.36. The van der Waals surface area contributed by atoms with Gasteiger partial charge in [0, 0.05) is 32.6 Å². The first kappa shape index (κ1) is 15.4. The SMILES string of the molecule is CC(=O)N1CCC(N2CC[C@H](c3nnc(-c4ccco4)o3)C2)CC1. The normalized spacial score (nSPS) is 23.0. The van der Waals surface area contributed by atoms with Crippen LogP contribution in [0.15, 0.2) is 27.2 Å². The first-order valence-electron chi connectivity index (χ1n) is 8.57. The molecule has 0 unspecified atom stereocenters. The fraction of sp³-hybridized carbons (Fsp3) is 0.588. The van der Waals surface area contributed by atoms with E-state index in [1.54, 1.807) is 13.2 Å². The molecule has 4 rings (SSSR count). The molecule has 2 saturated heterocycles. The molecule has 2 aliphatic rings. The topological polar surface area (TPSA) is 75.6 Å². The fourth-order valence-corrected chi connectivity index (χ4v) is 3.77. The standard InChI is InChI=1S/C17H22N4O3/c1-12(22)20-8-5-14(6-9-20)21-7-4-13(11-21)16-18-19-17(24-16)15-3-2-10-23-15/h2-3,10,13-14H,4-9,11H2,1H3/t13-/m0/s1. The van der Waals surface area contributed by atoms with Gasteiger partial charge in [-0.25, -0.2) is 0 Å². The van der Waals surface area contributed by atoms with Gasteiger partial charge in [-0.05, 0) is 37.9 Å². The molecule has 4 heterocycles. The van der Waals surface area contributed by atoms with Crippen LogP contribution in [-0.4, -0.2) is 58.1 Å². The van der Waals surface area contributed by atoms with Gasteiger partial charge >= 0.3 is 0 Å². The summed E-state index contributed by atoms with van der Waals surface area (Å²) in [6.07, 6.45) is 4.73. The van der Waals surface area contributed by atoms with Crippen LogP contribution in [0.1, 0.15) is 38.0 Å². The second-order valence-corrected chi connectivity index (χ2v) is 6.64. The van der Waals surface area contributed by atoms with Crippen LogP contribution in [0.5, 0.6) is 0 Å². The summed E-state index contributed by atoms with van der Waals surface area (Å²) in [5, 5.41) is 8.31. The first-order chi connectivity index (χ1) is 11.7. The predicted octanol–water partition coefficient (Wildman–Crippen LogP) is 2.13. The second-order valence-electron chi connectivity index (χ2n) is 6.64. The molecule has 0 bridgehead atoms. The molecule has 7 heteroatoms. The van der Waals surface area contributed by atoms with E-state index in [0.29, 0.717) is 23.6 Å². The molecule has 2 aliphatic heterocycles. The van der Waals surface area contributed by atoms with Crippen LogP contribution in [0.25, 0.3) is 11.7 Å². The Hall–Kier alpha value is -2.15. The third-order valence-electron chi connectivity index (χ3n) is 5.17. The Morgan fingerprint density at radius 2 is 2.04 bits per heavy atom. The summed E-state index contributed by atoms with van der Waals surface area (Å²) in [6, 6.07) is 4.18. The average Bonchev–Trinajstić information content (AvgIpc) is 3.33. The van der Waals surface area contributed by atoms with Crippen molar-refractivity contribution in [3.05, 3.63) is 24.3 Å². The summed E-state index contributed by atoms with van der Waals surface area (Å²) in [6.45, 7) is 5.38. The predicted molar refractivity (Wildman–Crippen MR) is 86.2 cm³/mol. The minimum atomic E-state index is 0.184. The molecule has 2 aromatic heterocycles. The number of hydrogen-bond acceptors (Lipinski definition) is 6. The van der Waals surface area contributed by atoms with E-state index >= 15 is 0 Å². The number of piperidine rings is 1. The van der Waals surface area contributed by atoms with Gasteiger partial charge in [0.15, 0.2) is 5.76 Å². The van der Waals surface area contributed by atoms with E-state index < -0.39 is 0 Å². The van der Waals surface area contributed by atoms with Crippen molar-refractivity contribution in [1.29, 1.82) is 0 Å². The van der Waals surface area contributed by atoms with Crippen LogP contribution in [0.2, 0.25) is 0 Å². The molecule has 0 radical (unpaired) electrons. The minimum absolute atomic E-state index is 0.184. The molecule has 2 fully saturated rings. The zero-order valence-electron chi connectivity index (χ0n) is 13.9. The third-order valence-corrected chi connectivity index (χ3v) is 5.17. The van der Waals surface area contributed by atoms with E-state index in [1.165, 1.54) is 0 Å². The maximum absolute atomic E-state index is 11.4. The maximum Gasteiger partial charge on any atom is 0.283 e. The number of furan rings is 1. The highest BCUT2D eigenvalue weighted by Crippen LogP contribution is 2.31. The van der Waals surface area contributed by atoms with Crippen LogP contribution >= 0.6 is 0 Å². The average molecular weight is 330 g/mol. The van der Waals surface area contributed by atoms with Crippen molar-refractivity contribution < 1.29 is 13.6 Å². The zero-order chi connectivity index (χ0) is 16.5. The van der Waals surface area contributed by atoms with E-state index in [2.05, 4.69) is 15.1 Å². The second kappa shape index (κ2) is 6.39. The Kier molecular flexibility index (Phi) is 4.10. The lowest BCUT2D eigenvalue weighted by atomic mass is 10.0. The largest absolute Gasteiger partial charge is 0.459 e. The molecular formula is C17H22N4O3. The van der Waals surface area contributed by atoms with E-state index in [9.17, 15) is 4.79 Å². The van der Waals surface area contributed by atoms with Gasteiger partial charge in [-0.2, -0.15) is 0 Å². The van der Waals surface area contributed by atoms with Gasteiger partial charge in [0.2, 0.25) is 11.8 Å². The van der Waals surface area contributed by atoms with Gasteiger partial charge in [-0.1, -0.05) is 0 Å². The van der Waals surface area contributed by atoms with E-state index in [0.717, 1.165) is 45.4 Å². The lowest BCUT2D eigenvalue weighted by molar-refractivity contribution is -0.130. The zero-order valence-corrected chi connectivity index (χ0v) is 13.9. The summed E-state index contributed by atoms with van der Waals surface area (Å²) in [5.74, 6) is 2.23. The first-order valence-corrected chi connectivity index (χ1v) is 8.57. The van der Waals surface area contributed by atoms with Crippen molar-refractivity contribution in [3.63, 3.8) is 0 Å². The Balaban J connectivity index is 1.36. The molecule has 2 aromatic rings. The summed E-state index contributed by atoms with van der Waals surface area (Å²) in [7, 11) is 0. The van der Waals surface area contributed by atoms with Gasteiger partial charge in [-0.15, -0.1) is 10.2 Å². The number of aromatic nitrogens is 2. The molecule has 7 nitrogen and oxygen atoms in total. The van der Waals surface area contributed by atoms with E-state index in [4.69, 9.17) is 8.83 Å². The van der Waals surface area contributed by atoms with Gasteiger partial charge in [-0.3, -0.25) is 9.69 Å². The Morgan fingerprint density at radius 3 is 2.75 bits per heavy atom. The summed E-state index contributed by atoms with van der Waals surface area (Å²) >= 11 is 0. The summed E-state index contributed by atoms with van der Waals surface area (Å²) in [4.78, 5) is 15.9. The van der Waals surface area contributed by atoms with Crippen molar-refractivity contribution in [2.24, 2.45) is 0 Å². The van der Waals surface area contributed by atoms with Crippen molar-refractivity contribution >= 4 is 5.91 Å². The van der Waals surface area contributed by atoms with Crippen LogP contribution in [0, 0.1) is 0 Å². The number of rotatable bonds is 3. The molecule has 128 valence electrons. The molecule has 0 aliphatic carbocycles. The Morgan fingerprint density at radius 1 is 1.21 bits per heavy atom. The van der Waals surface area contributed by atoms with Gasteiger partial charge < -0.3 is 13.7 Å². The number of hydrogen-bond donors (Lipinski definition) is 0. The minimum Gasteiger partial charge on any atom is -0.459 e. The smallest absolute Gasteiger partial charge is 0.283 e. The summed E-state index contributed by atoms with van der Waals surface area (Å²) < 4.78 is 11.1. The quantitative estimate of drug-likeness (QED) is 0.858. The third kappa shape index (κ3) is 2.96. The van der Waals surface area contributed by atoms with Crippen LogP contribution in [0.3, 0.4) is 0 Å².